The number of carboxylic acid groups (broad SMARTS) is 1. The summed E-state index contributed by atoms with van der Waals surface area (Å²) >= 11 is 0. The number of aliphatic hydroxyl groups excluding tert-OH is 1. The molecule has 0 heterocycles. The summed E-state index contributed by atoms with van der Waals surface area (Å²) in [6.07, 6.45) is -1.82. The van der Waals surface area contributed by atoms with E-state index in [-0.39, 0.29) is 31.8 Å². The number of ketones is 1. The van der Waals surface area contributed by atoms with E-state index >= 15 is 0 Å². The Labute approximate surface area is 230 Å². The Morgan fingerprint density at radius 2 is 1.56 bits per heavy atom. The molecule has 1 aromatic carbocycles. The van der Waals surface area contributed by atoms with Crippen LogP contribution in [0.3, 0.4) is 0 Å². The predicted octanol–water partition coefficient (Wildman–Crippen LogP) is 3.43. The van der Waals surface area contributed by atoms with Crippen LogP contribution < -0.4 is 5.32 Å². The summed E-state index contributed by atoms with van der Waals surface area (Å²) < 4.78 is 10.5. The number of ether oxygens (including phenoxy) is 2. The first-order valence-electron chi connectivity index (χ1n) is 13.3. The molecule has 0 aliphatic carbocycles. The van der Waals surface area contributed by atoms with Gasteiger partial charge in [0.05, 0.1) is 30.4 Å². The molecule has 10 heteroatoms. The molecule has 0 spiro atoms. The van der Waals surface area contributed by atoms with Crippen molar-refractivity contribution in [3.8, 4) is 0 Å². The van der Waals surface area contributed by atoms with Gasteiger partial charge < -0.3 is 25.0 Å². The van der Waals surface area contributed by atoms with Crippen molar-refractivity contribution in [2.45, 2.75) is 98.0 Å². The molecule has 0 aliphatic heterocycles. The Morgan fingerprint density at radius 1 is 0.949 bits per heavy atom. The fourth-order valence-corrected chi connectivity index (χ4v) is 3.88. The van der Waals surface area contributed by atoms with Crippen LogP contribution in [0.2, 0.25) is 0 Å². The summed E-state index contributed by atoms with van der Waals surface area (Å²) in [6, 6.07) is 7.74. The minimum Gasteiger partial charge on any atom is -0.481 e. The van der Waals surface area contributed by atoms with Crippen LogP contribution in [0, 0.1) is 17.8 Å². The first-order chi connectivity index (χ1) is 18.1. The van der Waals surface area contributed by atoms with Crippen molar-refractivity contribution < 1.29 is 43.7 Å². The highest BCUT2D eigenvalue weighted by Crippen LogP contribution is 2.22. The number of carboxylic acids is 1. The number of aliphatic hydroxyl groups is 1. The number of rotatable bonds is 16. The lowest BCUT2D eigenvalue weighted by molar-refractivity contribution is -0.155. The first-order valence-corrected chi connectivity index (χ1v) is 13.3. The van der Waals surface area contributed by atoms with Gasteiger partial charge in [-0.15, -0.1) is 0 Å². The highest BCUT2D eigenvalue weighted by Gasteiger charge is 2.34. The third kappa shape index (κ3) is 12.9. The zero-order chi connectivity index (χ0) is 29.8. The van der Waals surface area contributed by atoms with Crippen LogP contribution in [-0.2, 0) is 40.1 Å². The van der Waals surface area contributed by atoms with Crippen molar-refractivity contribution in [2.24, 2.45) is 17.8 Å². The maximum Gasteiger partial charge on any atom is 0.307 e. The lowest BCUT2D eigenvalue weighted by Crippen LogP contribution is -2.47. The van der Waals surface area contributed by atoms with E-state index in [0.717, 1.165) is 5.56 Å². The van der Waals surface area contributed by atoms with E-state index in [1.807, 2.05) is 13.0 Å². The summed E-state index contributed by atoms with van der Waals surface area (Å²) in [7, 11) is 0. The van der Waals surface area contributed by atoms with Gasteiger partial charge in [0.2, 0.25) is 5.91 Å². The Morgan fingerprint density at radius 3 is 2.08 bits per heavy atom. The van der Waals surface area contributed by atoms with Crippen LogP contribution >= 0.6 is 0 Å². The summed E-state index contributed by atoms with van der Waals surface area (Å²) in [5, 5.41) is 22.4. The smallest absolute Gasteiger partial charge is 0.307 e. The van der Waals surface area contributed by atoms with Crippen molar-refractivity contribution in [3.63, 3.8) is 0 Å². The minimum atomic E-state index is -1.25. The van der Waals surface area contributed by atoms with E-state index in [4.69, 9.17) is 9.47 Å². The Hall–Kier alpha value is -3.27. The van der Waals surface area contributed by atoms with Gasteiger partial charge in [0.25, 0.3) is 0 Å². The van der Waals surface area contributed by atoms with Crippen LogP contribution in [0.15, 0.2) is 30.3 Å². The molecule has 1 rings (SSSR count). The van der Waals surface area contributed by atoms with Gasteiger partial charge in [-0.05, 0) is 45.6 Å². The summed E-state index contributed by atoms with van der Waals surface area (Å²) in [6.45, 7) is 9.98. The number of benzene rings is 1. The molecule has 0 aromatic heterocycles. The summed E-state index contributed by atoms with van der Waals surface area (Å²) in [4.78, 5) is 62.8. The van der Waals surface area contributed by atoms with Gasteiger partial charge in [0.1, 0.15) is 12.2 Å². The van der Waals surface area contributed by atoms with Crippen LogP contribution in [0.4, 0.5) is 0 Å². The molecule has 3 N–H and O–H groups in total. The topological polar surface area (TPSA) is 156 Å². The van der Waals surface area contributed by atoms with Crippen molar-refractivity contribution >= 4 is 29.6 Å². The number of hydrogen-bond acceptors (Lipinski definition) is 8. The number of carbonyl (C=O) groups is 5. The van der Waals surface area contributed by atoms with E-state index in [1.165, 1.54) is 6.92 Å². The van der Waals surface area contributed by atoms with Gasteiger partial charge in [-0.1, -0.05) is 50.6 Å². The van der Waals surface area contributed by atoms with E-state index in [2.05, 4.69) is 5.32 Å². The molecule has 0 saturated carbocycles. The predicted molar refractivity (Wildman–Crippen MR) is 143 cm³/mol. The third-order valence-corrected chi connectivity index (χ3v) is 6.38. The van der Waals surface area contributed by atoms with Crippen LogP contribution in [0.25, 0.3) is 0 Å². The fraction of sp³-hybridized carbons (Fsp3) is 0.621. The molecule has 10 nitrogen and oxygen atoms in total. The Kier molecular flexibility index (Phi) is 13.8. The monoisotopic (exact) mass is 549 g/mol. The highest BCUT2D eigenvalue weighted by atomic mass is 16.6. The lowest BCUT2D eigenvalue weighted by atomic mass is 9.85. The second kappa shape index (κ2) is 16.0. The molecule has 1 aromatic rings. The van der Waals surface area contributed by atoms with Crippen molar-refractivity contribution in [2.75, 3.05) is 0 Å². The van der Waals surface area contributed by atoms with E-state index in [1.54, 1.807) is 52.0 Å². The Bertz CT molecular complexity index is 969. The number of aliphatic carboxylic acids is 1. The number of carbonyl (C=O) groups excluding carboxylic acids is 4. The number of nitrogens with one attached hydrogen (secondary N) is 1. The van der Waals surface area contributed by atoms with Gasteiger partial charge in [-0.25, -0.2) is 0 Å². The molecule has 0 aliphatic rings. The van der Waals surface area contributed by atoms with Crippen molar-refractivity contribution in [1.82, 2.24) is 5.32 Å². The number of esters is 2. The van der Waals surface area contributed by atoms with Gasteiger partial charge in [0.15, 0.2) is 5.78 Å². The first kappa shape index (κ1) is 33.8. The summed E-state index contributed by atoms with van der Waals surface area (Å²) in [5.41, 5.74) is 0.00786. The highest BCUT2D eigenvalue weighted by molar-refractivity contribution is 5.93. The largest absolute Gasteiger partial charge is 0.481 e. The molecule has 39 heavy (non-hydrogen) atoms. The number of hydrogen-bond donors (Lipinski definition) is 3. The quantitative estimate of drug-likeness (QED) is 0.263. The van der Waals surface area contributed by atoms with Crippen molar-refractivity contribution in [3.05, 3.63) is 35.9 Å². The van der Waals surface area contributed by atoms with Gasteiger partial charge >= 0.3 is 17.9 Å². The molecule has 0 saturated heterocycles. The average Bonchev–Trinajstić information content (AvgIpc) is 2.85. The SMILES string of the molecule is CCC(C)[C@H](CC(=O)[C@H](CCC(=O)OC(C)(C)C)NC(=O)[C@@H](CC(=O)OCc1ccccc1)C(C)O)C(=O)O. The van der Waals surface area contributed by atoms with E-state index in [9.17, 15) is 34.2 Å². The van der Waals surface area contributed by atoms with E-state index < -0.39 is 65.6 Å². The normalized spacial score (nSPS) is 15.3. The zero-order valence-electron chi connectivity index (χ0n) is 23.8. The standard InChI is InChI=1S/C29H43NO9/c1-7-18(2)21(28(36)37)15-24(32)23(13-14-25(33)39-29(4,5)6)30-27(35)22(19(3)31)16-26(34)38-17-20-11-9-8-10-12-20/h8-12,18-19,21-23,31H,7,13-17H2,1-6H3,(H,30,35)(H,36,37)/t18?,19?,21-,22-,23-/m0/s1. The molecule has 218 valence electrons. The van der Waals surface area contributed by atoms with Gasteiger partial charge in [-0.2, -0.15) is 0 Å². The molecular formula is C29H43NO9. The van der Waals surface area contributed by atoms with E-state index in [0.29, 0.717) is 6.42 Å². The van der Waals surface area contributed by atoms with Crippen LogP contribution in [0.1, 0.15) is 79.2 Å². The van der Waals surface area contributed by atoms with Gasteiger partial charge in [-0.3, -0.25) is 24.0 Å². The molecule has 5 atom stereocenters. The molecule has 0 bridgehead atoms. The molecule has 0 radical (unpaired) electrons. The van der Waals surface area contributed by atoms with Crippen molar-refractivity contribution in [1.29, 1.82) is 0 Å². The minimum absolute atomic E-state index is 0.00297. The summed E-state index contributed by atoms with van der Waals surface area (Å²) in [5.74, 6) is -6.24. The zero-order valence-corrected chi connectivity index (χ0v) is 23.8. The molecular weight excluding hydrogens is 506 g/mol. The maximum absolute atomic E-state index is 13.2. The lowest BCUT2D eigenvalue weighted by Gasteiger charge is -2.26. The fourth-order valence-electron chi connectivity index (χ4n) is 3.88. The second-order valence-electron chi connectivity index (χ2n) is 10.9. The second-order valence-corrected chi connectivity index (χ2v) is 10.9. The van der Waals surface area contributed by atoms with Gasteiger partial charge in [0, 0.05) is 12.8 Å². The maximum atomic E-state index is 13.2. The van der Waals surface area contributed by atoms with Crippen LogP contribution in [-0.4, -0.2) is 57.6 Å². The molecule has 0 fully saturated rings. The molecule has 2 unspecified atom stereocenters. The molecule has 1 amide bonds. The number of Topliss-reactive ketones (excluding diaryl/α,β-unsaturated/α-hetero) is 1. The number of amides is 1. The van der Waals surface area contributed by atoms with Crippen LogP contribution in [0.5, 0.6) is 0 Å². The third-order valence-electron chi connectivity index (χ3n) is 6.38. The average molecular weight is 550 g/mol. The Balaban J connectivity index is 3.00.